The van der Waals surface area contributed by atoms with E-state index in [1.807, 2.05) is 6.92 Å². The maximum Gasteiger partial charge on any atom is 0.214 e. The summed E-state index contributed by atoms with van der Waals surface area (Å²) in [6.07, 6.45) is 5.65. The minimum atomic E-state index is -3.02. The Hall–Kier alpha value is -0.130. The first kappa shape index (κ1) is 14.3. The molecule has 0 aromatic rings. The third-order valence-corrected chi connectivity index (χ3v) is 6.03. The second kappa shape index (κ2) is 6.35. The third kappa shape index (κ3) is 4.21. The highest BCUT2D eigenvalue weighted by molar-refractivity contribution is 7.89. The zero-order valence-corrected chi connectivity index (χ0v) is 12.2. The molecule has 0 spiro atoms. The van der Waals surface area contributed by atoms with Crippen LogP contribution >= 0.6 is 0 Å². The van der Waals surface area contributed by atoms with Crippen molar-refractivity contribution in [3.05, 3.63) is 0 Å². The van der Waals surface area contributed by atoms with Crippen molar-refractivity contribution in [1.82, 2.24) is 9.62 Å². The van der Waals surface area contributed by atoms with Crippen LogP contribution < -0.4 is 5.32 Å². The topological polar surface area (TPSA) is 49.4 Å². The van der Waals surface area contributed by atoms with E-state index in [-0.39, 0.29) is 0 Å². The lowest BCUT2D eigenvalue weighted by Gasteiger charge is -2.29. The molecule has 2 aliphatic rings. The van der Waals surface area contributed by atoms with Crippen LogP contribution in [0.3, 0.4) is 0 Å². The van der Waals surface area contributed by atoms with Crippen molar-refractivity contribution >= 4 is 10.0 Å². The Bertz CT molecular complexity index is 346. The summed E-state index contributed by atoms with van der Waals surface area (Å²) in [6.45, 7) is 5.32. The van der Waals surface area contributed by atoms with Gasteiger partial charge in [-0.1, -0.05) is 19.8 Å². The minimum Gasteiger partial charge on any atom is -0.316 e. The molecule has 0 aromatic carbocycles. The van der Waals surface area contributed by atoms with Crippen LogP contribution in [0.4, 0.5) is 0 Å². The quantitative estimate of drug-likeness (QED) is 0.764. The van der Waals surface area contributed by atoms with Gasteiger partial charge in [-0.25, -0.2) is 12.7 Å². The van der Waals surface area contributed by atoms with Crippen LogP contribution in [0.2, 0.25) is 0 Å². The molecule has 1 aliphatic carbocycles. The molecule has 2 rings (SSSR count). The number of nitrogens with zero attached hydrogens (tertiary/aromatic N) is 1. The molecule has 1 unspecified atom stereocenters. The van der Waals surface area contributed by atoms with Crippen LogP contribution in [0.25, 0.3) is 0 Å². The highest BCUT2D eigenvalue weighted by Crippen LogP contribution is 2.33. The van der Waals surface area contributed by atoms with Crippen molar-refractivity contribution in [3.8, 4) is 0 Å². The van der Waals surface area contributed by atoms with Crippen LogP contribution in [-0.2, 0) is 10.0 Å². The molecule has 0 aromatic heterocycles. The highest BCUT2D eigenvalue weighted by Gasteiger charge is 2.28. The molecule has 1 aliphatic heterocycles. The average molecular weight is 274 g/mol. The van der Waals surface area contributed by atoms with Gasteiger partial charge in [0.1, 0.15) is 0 Å². The lowest BCUT2D eigenvalue weighted by atomic mass is 10.00. The second-order valence-electron chi connectivity index (χ2n) is 5.71. The first-order valence-corrected chi connectivity index (χ1v) is 8.91. The van der Waals surface area contributed by atoms with E-state index >= 15 is 0 Å². The number of rotatable bonds is 7. The number of hydrogen-bond acceptors (Lipinski definition) is 3. The Labute approximate surface area is 111 Å². The summed E-state index contributed by atoms with van der Waals surface area (Å²) in [7, 11) is -3.02. The fraction of sp³-hybridized carbons (Fsp3) is 1.00. The van der Waals surface area contributed by atoms with Crippen molar-refractivity contribution in [1.29, 1.82) is 0 Å². The molecule has 5 heteroatoms. The van der Waals surface area contributed by atoms with E-state index in [9.17, 15) is 8.42 Å². The lowest BCUT2D eigenvalue weighted by Crippen LogP contribution is -2.41. The fourth-order valence-corrected chi connectivity index (χ4v) is 4.38. The van der Waals surface area contributed by atoms with Crippen LogP contribution in [0, 0.1) is 11.8 Å². The average Bonchev–Trinajstić information content (AvgIpc) is 3.19. The van der Waals surface area contributed by atoms with E-state index in [0.717, 1.165) is 25.9 Å². The van der Waals surface area contributed by atoms with E-state index in [1.165, 1.54) is 19.3 Å². The molecule has 0 amide bonds. The Kier molecular flexibility index (Phi) is 5.04. The Balaban J connectivity index is 1.84. The Morgan fingerprint density at radius 1 is 1.22 bits per heavy atom. The lowest BCUT2D eigenvalue weighted by molar-refractivity contribution is 0.297. The van der Waals surface area contributed by atoms with Gasteiger partial charge in [-0.05, 0) is 44.2 Å². The molecule has 0 bridgehead atoms. The number of nitrogens with one attached hydrogen (secondary N) is 1. The normalized spacial score (nSPS) is 25.6. The van der Waals surface area contributed by atoms with Crippen molar-refractivity contribution in [2.45, 2.75) is 39.0 Å². The van der Waals surface area contributed by atoms with E-state index in [4.69, 9.17) is 0 Å². The van der Waals surface area contributed by atoms with Crippen LogP contribution in [-0.4, -0.2) is 44.7 Å². The van der Waals surface area contributed by atoms with Gasteiger partial charge in [0.05, 0.1) is 5.75 Å². The van der Waals surface area contributed by atoms with Gasteiger partial charge in [-0.15, -0.1) is 0 Å². The van der Waals surface area contributed by atoms with Crippen molar-refractivity contribution in [2.24, 2.45) is 11.8 Å². The fourth-order valence-electron chi connectivity index (χ4n) is 2.66. The Morgan fingerprint density at radius 3 is 2.56 bits per heavy atom. The highest BCUT2D eigenvalue weighted by atomic mass is 32.2. The summed E-state index contributed by atoms with van der Waals surface area (Å²) >= 11 is 0. The van der Waals surface area contributed by atoms with E-state index in [1.54, 1.807) is 4.31 Å². The van der Waals surface area contributed by atoms with E-state index in [0.29, 0.717) is 30.7 Å². The standard InChI is InChI=1S/C13H26N2O2S/c1-2-15(11-13-4-3-8-14-10-13)18(16,17)9-7-12-5-6-12/h12-14H,2-11H2,1H3. The van der Waals surface area contributed by atoms with Gasteiger partial charge in [0.25, 0.3) is 0 Å². The molecule has 1 saturated carbocycles. The molecule has 1 heterocycles. The van der Waals surface area contributed by atoms with Gasteiger partial charge in [-0.2, -0.15) is 0 Å². The monoisotopic (exact) mass is 274 g/mol. The molecule has 1 atom stereocenters. The first-order chi connectivity index (χ1) is 8.62. The number of sulfonamides is 1. The van der Waals surface area contributed by atoms with Gasteiger partial charge in [0.2, 0.25) is 10.0 Å². The van der Waals surface area contributed by atoms with Gasteiger partial charge in [-0.3, -0.25) is 0 Å². The van der Waals surface area contributed by atoms with Crippen LogP contribution in [0.5, 0.6) is 0 Å². The maximum atomic E-state index is 12.3. The molecule has 0 radical (unpaired) electrons. The van der Waals surface area contributed by atoms with Gasteiger partial charge >= 0.3 is 0 Å². The number of hydrogen-bond donors (Lipinski definition) is 1. The maximum absolute atomic E-state index is 12.3. The van der Waals surface area contributed by atoms with Crippen molar-refractivity contribution in [3.63, 3.8) is 0 Å². The summed E-state index contributed by atoms with van der Waals surface area (Å²) in [4.78, 5) is 0. The largest absolute Gasteiger partial charge is 0.316 e. The molecular weight excluding hydrogens is 248 g/mol. The van der Waals surface area contributed by atoms with Gasteiger partial charge in [0.15, 0.2) is 0 Å². The third-order valence-electron chi connectivity index (χ3n) is 4.09. The van der Waals surface area contributed by atoms with E-state index < -0.39 is 10.0 Å². The molecule has 18 heavy (non-hydrogen) atoms. The zero-order valence-electron chi connectivity index (χ0n) is 11.4. The van der Waals surface area contributed by atoms with Crippen LogP contribution in [0.15, 0.2) is 0 Å². The summed E-state index contributed by atoms with van der Waals surface area (Å²) in [5, 5.41) is 3.35. The summed E-state index contributed by atoms with van der Waals surface area (Å²) in [6, 6.07) is 0. The zero-order chi connectivity index (χ0) is 13.0. The van der Waals surface area contributed by atoms with Gasteiger partial charge < -0.3 is 5.32 Å². The number of piperidine rings is 1. The predicted molar refractivity (Wildman–Crippen MR) is 74.0 cm³/mol. The summed E-state index contributed by atoms with van der Waals surface area (Å²) < 4.78 is 26.2. The molecular formula is C13H26N2O2S. The molecule has 4 nitrogen and oxygen atoms in total. The second-order valence-corrected chi connectivity index (χ2v) is 7.80. The van der Waals surface area contributed by atoms with Crippen LogP contribution in [0.1, 0.15) is 39.0 Å². The minimum absolute atomic E-state index is 0.353. The predicted octanol–water partition coefficient (Wildman–Crippen LogP) is 1.44. The summed E-state index contributed by atoms with van der Waals surface area (Å²) in [5.41, 5.74) is 0. The van der Waals surface area contributed by atoms with Crippen molar-refractivity contribution in [2.75, 3.05) is 31.9 Å². The van der Waals surface area contributed by atoms with Crippen molar-refractivity contribution < 1.29 is 8.42 Å². The smallest absolute Gasteiger partial charge is 0.214 e. The molecule has 1 N–H and O–H groups in total. The first-order valence-electron chi connectivity index (χ1n) is 7.30. The van der Waals surface area contributed by atoms with E-state index in [2.05, 4.69) is 5.32 Å². The molecule has 2 fully saturated rings. The molecule has 1 saturated heterocycles. The summed E-state index contributed by atoms with van der Waals surface area (Å²) in [5.74, 6) is 1.54. The van der Waals surface area contributed by atoms with Gasteiger partial charge in [0, 0.05) is 13.1 Å². The SMILES string of the molecule is CCN(CC1CCCNC1)S(=O)(=O)CCC1CC1. The molecule has 106 valence electrons. The Morgan fingerprint density at radius 2 is 2.00 bits per heavy atom.